The van der Waals surface area contributed by atoms with Gasteiger partial charge in [-0.1, -0.05) is 63.2 Å². The number of piperidine rings is 1. The van der Waals surface area contributed by atoms with Gasteiger partial charge in [-0.3, -0.25) is 4.79 Å². The summed E-state index contributed by atoms with van der Waals surface area (Å²) in [4.78, 5) is 12.6. The second kappa shape index (κ2) is 9.31. The van der Waals surface area contributed by atoms with Gasteiger partial charge in [0.1, 0.15) is 0 Å². The summed E-state index contributed by atoms with van der Waals surface area (Å²) in [6, 6.07) is 17.2. The molecule has 1 amide bonds. The first-order valence-electron chi connectivity index (χ1n) is 10.6. The van der Waals surface area contributed by atoms with Crippen molar-refractivity contribution < 1.29 is 13.2 Å². The molecule has 1 aliphatic rings. The van der Waals surface area contributed by atoms with Gasteiger partial charge in [-0.15, -0.1) is 0 Å². The van der Waals surface area contributed by atoms with Crippen LogP contribution >= 0.6 is 0 Å². The van der Waals surface area contributed by atoms with Crippen LogP contribution in [0.2, 0.25) is 0 Å². The molecule has 0 atom stereocenters. The number of nitrogens with zero attached hydrogens (tertiary/aromatic N) is 1. The Kier molecular flexibility index (Phi) is 6.98. The van der Waals surface area contributed by atoms with Gasteiger partial charge in [0.05, 0.1) is 4.90 Å². The molecular weight excluding hydrogens is 396 g/mol. The topological polar surface area (TPSA) is 66.5 Å². The molecule has 5 nitrogen and oxygen atoms in total. The first-order chi connectivity index (χ1) is 14.2. The van der Waals surface area contributed by atoms with Crippen LogP contribution in [0.1, 0.15) is 51.2 Å². The zero-order chi connectivity index (χ0) is 21.8. The molecule has 1 heterocycles. The Bertz CT molecular complexity index is 940. The van der Waals surface area contributed by atoms with Crippen LogP contribution in [0, 0.1) is 0 Å². The van der Waals surface area contributed by atoms with Crippen LogP contribution in [-0.2, 0) is 26.7 Å². The van der Waals surface area contributed by atoms with Gasteiger partial charge in [0.15, 0.2) is 0 Å². The molecule has 3 rings (SSSR count). The first-order valence-corrected chi connectivity index (χ1v) is 12.0. The second-order valence-corrected chi connectivity index (χ2v) is 10.9. The summed E-state index contributed by atoms with van der Waals surface area (Å²) in [5.74, 6) is 0.0259. The number of rotatable bonds is 6. The van der Waals surface area contributed by atoms with Gasteiger partial charge in [-0.25, -0.2) is 8.42 Å². The third kappa shape index (κ3) is 5.70. The lowest BCUT2D eigenvalue weighted by Gasteiger charge is -2.31. The van der Waals surface area contributed by atoms with E-state index in [9.17, 15) is 13.2 Å². The first kappa shape index (κ1) is 22.5. The van der Waals surface area contributed by atoms with Gasteiger partial charge in [-0.05, 0) is 47.9 Å². The highest BCUT2D eigenvalue weighted by Gasteiger charge is 2.30. The number of benzene rings is 2. The molecule has 0 aromatic heterocycles. The molecular formula is C24H32N2O3S. The van der Waals surface area contributed by atoms with E-state index >= 15 is 0 Å². The Morgan fingerprint density at radius 2 is 1.60 bits per heavy atom. The van der Waals surface area contributed by atoms with E-state index in [0.29, 0.717) is 43.7 Å². The number of amides is 1. The van der Waals surface area contributed by atoms with E-state index in [1.54, 1.807) is 12.1 Å². The summed E-state index contributed by atoms with van der Waals surface area (Å²) in [5.41, 5.74) is 2.24. The molecule has 0 bridgehead atoms. The Morgan fingerprint density at radius 1 is 1.00 bits per heavy atom. The van der Waals surface area contributed by atoms with Crippen molar-refractivity contribution in [2.75, 3.05) is 13.1 Å². The predicted molar refractivity (Wildman–Crippen MR) is 120 cm³/mol. The summed E-state index contributed by atoms with van der Waals surface area (Å²) in [6.45, 7) is 7.17. The third-order valence-corrected chi connectivity index (χ3v) is 7.57. The van der Waals surface area contributed by atoms with Gasteiger partial charge in [0.25, 0.3) is 0 Å². The predicted octanol–water partition coefficient (Wildman–Crippen LogP) is 3.89. The lowest BCUT2D eigenvalue weighted by molar-refractivity contribution is -0.122. The monoisotopic (exact) mass is 428 g/mol. The zero-order valence-electron chi connectivity index (χ0n) is 18.1. The average Bonchev–Trinajstić information content (AvgIpc) is 2.73. The molecule has 0 aliphatic carbocycles. The maximum Gasteiger partial charge on any atom is 0.243 e. The Balaban J connectivity index is 1.51. The quantitative estimate of drug-likeness (QED) is 0.759. The van der Waals surface area contributed by atoms with E-state index in [-0.39, 0.29) is 17.4 Å². The molecule has 1 aliphatic heterocycles. The van der Waals surface area contributed by atoms with Crippen LogP contribution in [0.4, 0.5) is 0 Å². The van der Waals surface area contributed by atoms with Crippen molar-refractivity contribution in [1.29, 1.82) is 0 Å². The van der Waals surface area contributed by atoms with Crippen LogP contribution in [0.25, 0.3) is 0 Å². The maximum absolute atomic E-state index is 13.0. The Morgan fingerprint density at radius 3 is 2.17 bits per heavy atom. The number of sulfonamides is 1. The highest BCUT2D eigenvalue weighted by molar-refractivity contribution is 7.89. The van der Waals surface area contributed by atoms with E-state index in [1.165, 1.54) is 4.31 Å². The second-order valence-electron chi connectivity index (χ2n) is 9.01. The molecule has 162 valence electrons. The van der Waals surface area contributed by atoms with Gasteiger partial charge in [0.2, 0.25) is 15.9 Å². The molecule has 0 radical (unpaired) electrons. The molecule has 30 heavy (non-hydrogen) atoms. The number of aryl methyl sites for hydroxylation is 1. The molecule has 1 saturated heterocycles. The van der Waals surface area contributed by atoms with Crippen molar-refractivity contribution in [3.05, 3.63) is 65.7 Å². The normalized spacial score (nSPS) is 16.4. The van der Waals surface area contributed by atoms with Crippen LogP contribution < -0.4 is 5.32 Å². The summed E-state index contributed by atoms with van der Waals surface area (Å²) in [6.07, 6.45) is 2.43. The van der Waals surface area contributed by atoms with Gasteiger partial charge in [-0.2, -0.15) is 4.31 Å². The highest BCUT2D eigenvalue weighted by atomic mass is 32.2. The SMILES string of the molecule is CC(C)(C)c1ccc(S(=O)(=O)N2CCC(NC(=O)CCc3ccccc3)CC2)cc1. The smallest absolute Gasteiger partial charge is 0.243 e. The molecule has 0 unspecified atom stereocenters. The van der Waals surface area contributed by atoms with Crippen molar-refractivity contribution in [1.82, 2.24) is 9.62 Å². The van der Waals surface area contributed by atoms with E-state index in [1.807, 2.05) is 42.5 Å². The average molecular weight is 429 g/mol. The fourth-order valence-corrected chi connectivity index (χ4v) is 5.19. The van der Waals surface area contributed by atoms with Gasteiger partial charge >= 0.3 is 0 Å². The minimum Gasteiger partial charge on any atom is -0.353 e. The Hall–Kier alpha value is -2.18. The number of hydrogen-bond donors (Lipinski definition) is 1. The van der Waals surface area contributed by atoms with Crippen LogP contribution in [-0.4, -0.2) is 37.8 Å². The molecule has 2 aromatic carbocycles. The van der Waals surface area contributed by atoms with E-state index in [4.69, 9.17) is 0 Å². The van der Waals surface area contributed by atoms with Gasteiger partial charge < -0.3 is 5.32 Å². The fourth-order valence-electron chi connectivity index (χ4n) is 3.72. The van der Waals surface area contributed by atoms with E-state index in [0.717, 1.165) is 11.1 Å². The van der Waals surface area contributed by atoms with Crippen molar-refractivity contribution >= 4 is 15.9 Å². The van der Waals surface area contributed by atoms with E-state index < -0.39 is 10.0 Å². The molecule has 0 spiro atoms. The summed E-state index contributed by atoms with van der Waals surface area (Å²) >= 11 is 0. The largest absolute Gasteiger partial charge is 0.353 e. The minimum atomic E-state index is -3.50. The number of nitrogens with one attached hydrogen (secondary N) is 1. The summed E-state index contributed by atoms with van der Waals surface area (Å²) in [7, 11) is -3.50. The third-order valence-electron chi connectivity index (χ3n) is 5.66. The van der Waals surface area contributed by atoms with Crippen molar-refractivity contribution in [3.8, 4) is 0 Å². The van der Waals surface area contributed by atoms with E-state index in [2.05, 4.69) is 26.1 Å². The minimum absolute atomic E-state index is 0.0145. The summed E-state index contributed by atoms with van der Waals surface area (Å²) in [5, 5.41) is 3.06. The molecule has 6 heteroatoms. The van der Waals surface area contributed by atoms with Crippen LogP contribution in [0.15, 0.2) is 59.5 Å². The molecule has 0 saturated carbocycles. The molecule has 1 fully saturated rings. The van der Waals surface area contributed by atoms with Crippen LogP contribution in [0.3, 0.4) is 0 Å². The standard InChI is InChI=1S/C24H32N2O3S/c1-24(2,3)20-10-12-22(13-11-20)30(28,29)26-17-15-21(16-18-26)25-23(27)14-9-19-7-5-4-6-8-19/h4-8,10-13,21H,9,14-18H2,1-3H3,(H,25,27). The zero-order valence-corrected chi connectivity index (χ0v) is 18.9. The fraction of sp³-hybridized carbons (Fsp3) is 0.458. The molecule has 2 aromatic rings. The highest BCUT2D eigenvalue weighted by Crippen LogP contribution is 2.26. The lowest BCUT2D eigenvalue weighted by Crippen LogP contribution is -2.46. The lowest BCUT2D eigenvalue weighted by atomic mass is 9.87. The number of carbonyl (C=O) groups is 1. The number of hydrogen-bond acceptors (Lipinski definition) is 3. The molecule has 1 N–H and O–H groups in total. The summed E-state index contributed by atoms with van der Waals surface area (Å²) < 4.78 is 27.5. The van der Waals surface area contributed by atoms with Gasteiger partial charge in [0, 0.05) is 25.6 Å². The van der Waals surface area contributed by atoms with Crippen molar-refractivity contribution in [3.63, 3.8) is 0 Å². The van der Waals surface area contributed by atoms with Crippen LogP contribution in [0.5, 0.6) is 0 Å². The number of carbonyl (C=O) groups excluding carboxylic acids is 1. The van der Waals surface area contributed by atoms with Crippen molar-refractivity contribution in [2.24, 2.45) is 0 Å². The van der Waals surface area contributed by atoms with Crippen molar-refractivity contribution in [2.45, 2.75) is 62.8 Å². The Labute approximate surface area is 180 Å². The maximum atomic E-state index is 13.0.